The van der Waals surface area contributed by atoms with Crippen molar-refractivity contribution in [1.82, 2.24) is 15.5 Å². The van der Waals surface area contributed by atoms with Crippen LogP contribution < -0.4 is 5.32 Å². The van der Waals surface area contributed by atoms with Gasteiger partial charge >= 0.3 is 5.97 Å². The van der Waals surface area contributed by atoms with Crippen LogP contribution in [-0.4, -0.2) is 28.6 Å². The summed E-state index contributed by atoms with van der Waals surface area (Å²) in [5.41, 5.74) is 0.450. The van der Waals surface area contributed by atoms with E-state index in [2.05, 4.69) is 31.4 Å². The van der Waals surface area contributed by atoms with E-state index < -0.39 is 5.97 Å². The van der Waals surface area contributed by atoms with Crippen molar-refractivity contribution >= 4 is 27.8 Å². The number of rotatable bonds is 6. The van der Waals surface area contributed by atoms with E-state index in [1.807, 2.05) is 13.8 Å². The molecular formula is C15H16BrN3O4. The first kappa shape index (κ1) is 17.1. The molecule has 2 rings (SSSR count). The lowest BCUT2D eigenvalue weighted by Crippen LogP contribution is -2.30. The minimum absolute atomic E-state index is 0.120. The first-order valence-corrected chi connectivity index (χ1v) is 7.77. The van der Waals surface area contributed by atoms with Gasteiger partial charge in [-0.2, -0.15) is 4.98 Å². The summed E-state index contributed by atoms with van der Waals surface area (Å²) in [6, 6.07) is 6.85. The highest BCUT2D eigenvalue weighted by atomic mass is 79.9. The quantitative estimate of drug-likeness (QED) is 0.772. The Morgan fingerprint density at radius 3 is 2.83 bits per heavy atom. The average Bonchev–Trinajstić information content (AvgIpc) is 3.00. The van der Waals surface area contributed by atoms with Crippen LogP contribution in [-0.2, 0) is 16.1 Å². The van der Waals surface area contributed by atoms with Gasteiger partial charge in [0.15, 0.2) is 12.4 Å². The van der Waals surface area contributed by atoms with E-state index in [1.165, 1.54) is 0 Å². The van der Waals surface area contributed by atoms with Gasteiger partial charge in [0, 0.05) is 16.0 Å². The van der Waals surface area contributed by atoms with Crippen LogP contribution in [0, 0.1) is 0 Å². The average molecular weight is 382 g/mol. The Hall–Kier alpha value is -2.22. The summed E-state index contributed by atoms with van der Waals surface area (Å²) < 4.78 is 10.7. The molecule has 0 radical (unpaired) electrons. The summed E-state index contributed by atoms with van der Waals surface area (Å²) in [5.74, 6) is -0.0344. The number of nitrogens with zero attached hydrogens (tertiary/aromatic N) is 2. The molecule has 1 aromatic heterocycles. The molecule has 1 heterocycles. The second-order valence-electron chi connectivity index (χ2n) is 5.05. The van der Waals surface area contributed by atoms with Crippen molar-refractivity contribution in [3.63, 3.8) is 0 Å². The van der Waals surface area contributed by atoms with Crippen LogP contribution >= 0.6 is 15.9 Å². The molecule has 0 saturated carbocycles. The van der Waals surface area contributed by atoms with Gasteiger partial charge in [-0.05, 0) is 18.2 Å². The molecule has 0 saturated heterocycles. The fourth-order valence-corrected chi connectivity index (χ4v) is 2.04. The minimum atomic E-state index is -0.586. The molecule has 0 aliphatic rings. The Labute approximate surface area is 141 Å². The normalized spacial score (nSPS) is 10.6. The molecule has 0 atom stereocenters. The molecular weight excluding hydrogens is 366 g/mol. The van der Waals surface area contributed by atoms with Crippen LogP contribution in [0.15, 0.2) is 33.3 Å². The fraction of sp³-hybridized carbons (Fsp3) is 0.333. The molecule has 1 amide bonds. The molecule has 23 heavy (non-hydrogen) atoms. The van der Waals surface area contributed by atoms with Crippen molar-refractivity contribution < 1.29 is 18.8 Å². The molecule has 0 aliphatic heterocycles. The lowest BCUT2D eigenvalue weighted by Gasteiger charge is -2.05. The second-order valence-corrected chi connectivity index (χ2v) is 5.97. The highest BCUT2D eigenvalue weighted by Gasteiger charge is 2.13. The number of ether oxygens (including phenoxy) is 1. The molecule has 122 valence electrons. The van der Waals surface area contributed by atoms with E-state index >= 15 is 0 Å². The molecule has 7 nitrogen and oxygen atoms in total. The molecule has 0 bridgehead atoms. The summed E-state index contributed by atoms with van der Waals surface area (Å²) in [6.45, 7) is 3.50. The number of carbonyl (C=O) groups is 2. The van der Waals surface area contributed by atoms with Gasteiger partial charge in [0.2, 0.25) is 0 Å². The topological polar surface area (TPSA) is 94.3 Å². The van der Waals surface area contributed by atoms with E-state index in [0.29, 0.717) is 11.4 Å². The predicted molar refractivity (Wildman–Crippen MR) is 84.7 cm³/mol. The Bertz CT molecular complexity index is 700. The standard InChI is InChI=1S/C15H16BrN3O4/c1-9(2)14-18-12(23-19-14)8-22-13(20)7-17-15(21)10-4-3-5-11(16)6-10/h3-6,9H,7-8H2,1-2H3,(H,17,21). The lowest BCUT2D eigenvalue weighted by atomic mass is 10.2. The van der Waals surface area contributed by atoms with Gasteiger partial charge in [0.05, 0.1) is 0 Å². The van der Waals surface area contributed by atoms with Crippen LogP contribution in [0.1, 0.15) is 41.8 Å². The van der Waals surface area contributed by atoms with E-state index in [-0.39, 0.29) is 30.9 Å². The maximum Gasteiger partial charge on any atom is 0.325 e. The van der Waals surface area contributed by atoms with E-state index in [0.717, 1.165) is 4.47 Å². The zero-order valence-corrected chi connectivity index (χ0v) is 14.3. The summed E-state index contributed by atoms with van der Waals surface area (Å²) in [4.78, 5) is 27.6. The Morgan fingerprint density at radius 2 is 2.17 bits per heavy atom. The third-order valence-corrected chi connectivity index (χ3v) is 3.33. The third kappa shape index (κ3) is 5.17. The number of hydrogen-bond donors (Lipinski definition) is 1. The molecule has 0 spiro atoms. The van der Waals surface area contributed by atoms with Crippen LogP contribution in [0.3, 0.4) is 0 Å². The van der Waals surface area contributed by atoms with Crippen LogP contribution in [0.2, 0.25) is 0 Å². The van der Waals surface area contributed by atoms with Gasteiger partial charge in [0.25, 0.3) is 11.8 Å². The largest absolute Gasteiger partial charge is 0.454 e. The van der Waals surface area contributed by atoms with Crippen LogP contribution in [0.4, 0.5) is 0 Å². The highest BCUT2D eigenvalue weighted by Crippen LogP contribution is 2.11. The molecule has 1 aromatic carbocycles. The Morgan fingerprint density at radius 1 is 1.39 bits per heavy atom. The van der Waals surface area contributed by atoms with Gasteiger partial charge in [-0.3, -0.25) is 9.59 Å². The van der Waals surface area contributed by atoms with Crippen LogP contribution in [0.5, 0.6) is 0 Å². The fourth-order valence-electron chi connectivity index (χ4n) is 1.64. The number of hydrogen-bond acceptors (Lipinski definition) is 6. The van der Waals surface area contributed by atoms with Gasteiger partial charge in [-0.1, -0.05) is 41.0 Å². The maximum atomic E-state index is 11.9. The minimum Gasteiger partial charge on any atom is -0.454 e. The molecule has 0 unspecified atom stereocenters. The van der Waals surface area contributed by atoms with E-state index in [9.17, 15) is 9.59 Å². The monoisotopic (exact) mass is 381 g/mol. The predicted octanol–water partition coefficient (Wildman–Crippen LogP) is 2.43. The number of halogens is 1. The highest BCUT2D eigenvalue weighted by molar-refractivity contribution is 9.10. The molecule has 2 aromatic rings. The number of benzene rings is 1. The summed E-state index contributed by atoms with van der Waals surface area (Å²) in [6.07, 6.45) is 0. The van der Waals surface area contributed by atoms with Gasteiger partial charge in [-0.25, -0.2) is 0 Å². The number of aromatic nitrogens is 2. The van der Waals surface area contributed by atoms with Gasteiger partial charge in [-0.15, -0.1) is 0 Å². The first-order chi connectivity index (χ1) is 11.0. The maximum absolute atomic E-state index is 11.9. The van der Waals surface area contributed by atoms with Crippen molar-refractivity contribution in [2.45, 2.75) is 26.4 Å². The summed E-state index contributed by atoms with van der Waals surface area (Å²) in [7, 11) is 0. The molecule has 8 heteroatoms. The molecule has 0 aliphatic carbocycles. The number of amides is 1. The Kier molecular flexibility index (Phi) is 5.86. The van der Waals surface area contributed by atoms with Crippen molar-refractivity contribution in [2.75, 3.05) is 6.54 Å². The molecule has 1 N–H and O–H groups in total. The first-order valence-electron chi connectivity index (χ1n) is 6.97. The zero-order valence-electron chi connectivity index (χ0n) is 12.7. The van der Waals surface area contributed by atoms with E-state index in [1.54, 1.807) is 24.3 Å². The smallest absolute Gasteiger partial charge is 0.325 e. The number of carbonyl (C=O) groups excluding carboxylic acids is 2. The van der Waals surface area contributed by atoms with E-state index in [4.69, 9.17) is 9.26 Å². The van der Waals surface area contributed by atoms with Gasteiger partial charge in [0.1, 0.15) is 6.54 Å². The Balaban J connectivity index is 1.77. The number of nitrogens with one attached hydrogen (secondary N) is 1. The summed E-state index contributed by atoms with van der Waals surface area (Å²) in [5, 5.41) is 6.25. The molecule has 0 fully saturated rings. The lowest BCUT2D eigenvalue weighted by molar-refractivity contribution is -0.144. The van der Waals surface area contributed by atoms with Crippen molar-refractivity contribution in [3.8, 4) is 0 Å². The van der Waals surface area contributed by atoms with Crippen LogP contribution in [0.25, 0.3) is 0 Å². The summed E-state index contributed by atoms with van der Waals surface area (Å²) >= 11 is 3.28. The number of esters is 1. The second kappa shape index (κ2) is 7.87. The zero-order chi connectivity index (χ0) is 16.8. The van der Waals surface area contributed by atoms with Crippen molar-refractivity contribution in [3.05, 3.63) is 46.0 Å². The van der Waals surface area contributed by atoms with Crippen molar-refractivity contribution in [1.29, 1.82) is 0 Å². The SMILES string of the molecule is CC(C)c1noc(COC(=O)CNC(=O)c2cccc(Br)c2)n1. The van der Waals surface area contributed by atoms with Gasteiger partial charge < -0.3 is 14.6 Å². The third-order valence-electron chi connectivity index (χ3n) is 2.84. The van der Waals surface area contributed by atoms with Crippen molar-refractivity contribution in [2.24, 2.45) is 0 Å².